The first-order chi connectivity index (χ1) is 11.7. The number of ether oxygens (including phenoxy) is 2. The molecule has 1 aromatic rings. The summed E-state index contributed by atoms with van der Waals surface area (Å²) in [6, 6.07) is 4.79. The highest BCUT2D eigenvalue weighted by molar-refractivity contribution is 5.97. The molecule has 0 radical (unpaired) electrons. The molecule has 0 saturated heterocycles. The highest BCUT2D eigenvalue weighted by Crippen LogP contribution is 2.32. The molecule has 0 atom stereocenters. The van der Waals surface area contributed by atoms with Gasteiger partial charge in [0.1, 0.15) is 0 Å². The van der Waals surface area contributed by atoms with Gasteiger partial charge in [-0.1, -0.05) is 0 Å². The van der Waals surface area contributed by atoms with E-state index in [0.717, 1.165) is 0 Å². The molecule has 1 heterocycles. The molecule has 3 amide bonds. The Morgan fingerprint density at radius 3 is 2.52 bits per heavy atom. The van der Waals surface area contributed by atoms with Gasteiger partial charge in [-0.15, -0.1) is 0 Å². The third-order valence-electron chi connectivity index (χ3n) is 3.36. The van der Waals surface area contributed by atoms with Crippen molar-refractivity contribution in [2.24, 2.45) is 0 Å². The van der Waals surface area contributed by atoms with E-state index in [-0.39, 0.29) is 37.2 Å². The van der Waals surface area contributed by atoms with Crippen LogP contribution in [-0.2, 0) is 9.59 Å². The average molecular weight is 349 g/mol. The van der Waals surface area contributed by atoms with Gasteiger partial charge in [-0.25, -0.2) is 0 Å². The monoisotopic (exact) mass is 349 g/mol. The Labute approximate surface area is 146 Å². The van der Waals surface area contributed by atoms with E-state index < -0.39 is 5.91 Å². The summed E-state index contributed by atoms with van der Waals surface area (Å²) < 4.78 is 10.4. The number of carbonyl (C=O) groups excluding carboxylic acids is 3. The van der Waals surface area contributed by atoms with Crippen molar-refractivity contribution in [1.82, 2.24) is 15.5 Å². The van der Waals surface area contributed by atoms with E-state index in [2.05, 4.69) is 10.6 Å². The molecule has 0 aromatic heterocycles. The summed E-state index contributed by atoms with van der Waals surface area (Å²) in [5.41, 5.74) is -0.000621. The largest absolute Gasteiger partial charge is 0.454 e. The molecule has 0 unspecified atom stereocenters. The maximum atomic E-state index is 12.1. The van der Waals surface area contributed by atoms with Crippen molar-refractivity contribution in [2.45, 2.75) is 26.3 Å². The van der Waals surface area contributed by atoms with Crippen molar-refractivity contribution in [2.75, 3.05) is 26.9 Å². The maximum absolute atomic E-state index is 12.1. The van der Waals surface area contributed by atoms with Gasteiger partial charge in [0.15, 0.2) is 11.5 Å². The lowest BCUT2D eigenvalue weighted by Gasteiger charge is -2.23. The van der Waals surface area contributed by atoms with Crippen LogP contribution in [0.2, 0.25) is 0 Å². The van der Waals surface area contributed by atoms with Crippen molar-refractivity contribution < 1.29 is 23.9 Å². The fraction of sp³-hybridized carbons (Fsp3) is 0.471. The molecule has 25 heavy (non-hydrogen) atoms. The van der Waals surface area contributed by atoms with Crippen LogP contribution in [0, 0.1) is 0 Å². The predicted octanol–water partition coefficient (Wildman–Crippen LogP) is 0.518. The van der Waals surface area contributed by atoms with E-state index in [9.17, 15) is 14.4 Å². The highest BCUT2D eigenvalue weighted by atomic mass is 16.7. The zero-order chi connectivity index (χ0) is 18.6. The van der Waals surface area contributed by atoms with Crippen molar-refractivity contribution in [1.29, 1.82) is 0 Å². The molecule has 2 rings (SSSR count). The second kappa shape index (κ2) is 7.42. The minimum atomic E-state index is -0.404. The fourth-order valence-electron chi connectivity index (χ4n) is 2.19. The van der Waals surface area contributed by atoms with Gasteiger partial charge in [-0.05, 0) is 39.0 Å². The van der Waals surface area contributed by atoms with Gasteiger partial charge in [-0.2, -0.15) is 0 Å². The highest BCUT2D eigenvalue weighted by Gasteiger charge is 2.19. The number of hydrogen-bond acceptors (Lipinski definition) is 5. The first kappa shape index (κ1) is 18.6. The SMILES string of the molecule is CN(CC(=O)NC(C)(C)C)C(=O)CNC(=O)c1ccc2c(c1)OCO2. The number of nitrogens with one attached hydrogen (secondary N) is 2. The number of benzene rings is 1. The quantitative estimate of drug-likeness (QED) is 0.808. The molecule has 8 heteroatoms. The lowest BCUT2D eigenvalue weighted by Crippen LogP contribution is -2.47. The fourth-order valence-corrected chi connectivity index (χ4v) is 2.19. The van der Waals surface area contributed by atoms with Gasteiger partial charge in [0.25, 0.3) is 5.91 Å². The Balaban J connectivity index is 1.82. The van der Waals surface area contributed by atoms with Crippen LogP contribution in [-0.4, -0.2) is 55.1 Å². The summed E-state index contributed by atoms with van der Waals surface area (Å²) in [6.45, 7) is 5.43. The molecule has 0 spiro atoms. The van der Waals surface area contributed by atoms with E-state index in [4.69, 9.17) is 9.47 Å². The zero-order valence-corrected chi connectivity index (χ0v) is 14.8. The van der Waals surface area contributed by atoms with Crippen molar-refractivity contribution in [3.05, 3.63) is 23.8 Å². The number of carbonyl (C=O) groups is 3. The molecule has 0 bridgehead atoms. The van der Waals surface area contributed by atoms with Crippen LogP contribution >= 0.6 is 0 Å². The van der Waals surface area contributed by atoms with Gasteiger partial charge in [-0.3, -0.25) is 14.4 Å². The van der Waals surface area contributed by atoms with Crippen molar-refractivity contribution in [3.63, 3.8) is 0 Å². The summed E-state index contributed by atoms with van der Waals surface area (Å²) in [6.07, 6.45) is 0. The zero-order valence-electron chi connectivity index (χ0n) is 14.8. The number of likely N-dealkylation sites (N-methyl/N-ethyl adjacent to an activating group) is 1. The minimum absolute atomic E-state index is 0.0734. The third kappa shape index (κ3) is 5.37. The van der Waals surface area contributed by atoms with Gasteiger partial charge < -0.3 is 25.0 Å². The first-order valence-electron chi connectivity index (χ1n) is 7.88. The third-order valence-corrected chi connectivity index (χ3v) is 3.36. The number of amides is 3. The maximum Gasteiger partial charge on any atom is 0.251 e. The van der Waals surface area contributed by atoms with Crippen LogP contribution in [0.1, 0.15) is 31.1 Å². The summed E-state index contributed by atoms with van der Waals surface area (Å²) in [7, 11) is 1.51. The second-order valence-electron chi connectivity index (χ2n) is 6.80. The number of rotatable bonds is 5. The normalized spacial score (nSPS) is 12.5. The molecule has 0 saturated carbocycles. The summed E-state index contributed by atoms with van der Waals surface area (Å²) in [5, 5.41) is 5.31. The average Bonchev–Trinajstić information content (AvgIpc) is 2.97. The van der Waals surface area contributed by atoms with E-state index in [1.165, 1.54) is 11.9 Å². The van der Waals surface area contributed by atoms with Gasteiger partial charge in [0.2, 0.25) is 18.6 Å². The first-order valence-corrected chi connectivity index (χ1v) is 7.88. The number of nitrogens with zero attached hydrogens (tertiary/aromatic N) is 1. The number of hydrogen-bond donors (Lipinski definition) is 2. The Kier molecular flexibility index (Phi) is 5.51. The Hall–Kier alpha value is -2.77. The van der Waals surface area contributed by atoms with E-state index in [1.54, 1.807) is 18.2 Å². The lowest BCUT2D eigenvalue weighted by molar-refractivity contribution is -0.134. The van der Waals surface area contributed by atoms with E-state index in [1.807, 2.05) is 20.8 Å². The lowest BCUT2D eigenvalue weighted by atomic mass is 10.1. The van der Waals surface area contributed by atoms with Crippen LogP contribution in [0.15, 0.2) is 18.2 Å². The molecule has 136 valence electrons. The molecule has 1 aliphatic rings. The topological polar surface area (TPSA) is 97.0 Å². The van der Waals surface area contributed by atoms with Gasteiger partial charge >= 0.3 is 0 Å². The Morgan fingerprint density at radius 1 is 1.16 bits per heavy atom. The van der Waals surface area contributed by atoms with Crippen molar-refractivity contribution >= 4 is 17.7 Å². The molecule has 0 fully saturated rings. The smallest absolute Gasteiger partial charge is 0.251 e. The van der Waals surface area contributed by atoms with E-state index in [0.29, 0.717) is 17.1 Å². The van der Waals surface area contributed by atoms with Gasteiger partial charge in [0.05, 0.1) is 13.1 Å². The number of fused-ring (bicyclic) bond motifs is 1. The molecule has 2 N–H and O–H groups in total. The summed E-state index contributed by atoms with van der Waals surface area (Å²) in [5.74, 6) is 0.0509. The van der Waals surface area contributed by atoms with Crippen LogP contribution in [0.25, 0.3) is 0 Å². The standard InChI is InChI=1S/C17H23N3O5/c1-17(2,3)19-14(21)9-20(4)15(22)8-18-16(23)11-5-6-12-13(7-11)25-10-24-12/h5-7H,8-10H2,1-4H3,(H,18,23)(H,19,21). The molecule has 1 aliphatic heterocycles. The predicted molar refractivity (Wildman–Crippen MR) is 90.4 cm³/mol. The molecule has 0 aliphatic carbocycles. The van der Waals surface area contributed by atoms with E-state index >= 15 is 0 Å². The van der Waals surface area contributed by atoms with Gasteiger partial charge in [0, 0.05) is 18.2 Å². The Morgan fingerprint density at radius 2 is 1.84 bits per heavy atom. The molecular formula is C17H23N3O5. The molecule has 8 nitrogen and oxygen atoms in total. The van der Waals surface area contributed by atoms with Crippen LogP contribution in [0.5, 0.6) is 11.5 Å². The summed E-state index contributed by atoms with van der Waals surface area (Å²) >= 11 is 0. The second-order valence-corrected chi connectivity index (χ2v) is 6.80. The Bertz CT molecular complexity index is 681. The van der Waals surface area contributed by atoms with Crippen molar-refractivity contribution in [3.8, 4) is 11.5 Å². The summed E-state index contributed by atoms with van der Waals surface area (Å²) in [4.78, 5) is 37.3. The van der Waals surface area contributed by atoms with Crippen LogP contribution in [0.4, 0.5) is 0 Å². The molecular weight excluding hydrogens is 326 g/mol. The van der Waals surface area contributed by atoms with Crippen LogP contribution in [0.3, 0.4) is 0 Å². The molecule has 1 aromatic carbocycles. The minimum Gasteiger partial charge on any atom is -0.454 e. The van der Waals surface area contributed by atoms with Crippen LogP contribution < -0.4 is 20.1 Å².